The number of hydrogen-bond donors (Lipinski definition) is 0. The predicted molar refractivity (Wildman–Crippen MR) is 115 cm³/mol. The Morgan fingerprint density at radius 3 is 1.80 bits per heavy atom. The molecule has 2 heterocycles. The average Bonchev–Trinajstić information content (AvgIpc) is 2.81. The molecule has 158 valence electrons. The van der Waals surface area contributed by atoms with Crippen molar-refractivity contribution in [2.45, 2.75) is 5.92 Å². The molecule has 0 radical (unpaired) electrons. The average molecular weight is 408 g/mol. The predicted octanol–water partition coefficient (Wildman–Crippen LogP) is 1.82. The molecule has 2 aromatic carbocycles. The Kier molecular flexibility index (Phi) is 6.77. The molecule has 0 aromatic heterocycles. The Labute approximate surface area is 178 Å². The van der Waals surface area contributed by atoms with Gasteiger partial charge >= 0.3 is 0 Å². The minimum atomic E-state index is -0.297. The van der Waals surface area contributed by atoms with Gasteiger partial charge in [-0.2, -0.15) is 0 Å². The molecule has 2 amide bonds. The number of amides is 2. The van der Waals surface area contributed by atoms with E-state index in [2.05, 4.69) is 4.90 Å². The Bertz CT molecular complexity index is 790. The van der Waals surface area contributed by atoms with Crippen LogP contribution in [-0.2, 0) is 14.3 Å². The Hall–Kier alpha value is -2.70. The quantitative estimate of drug-likeness (QED) is 0.759. The van der Waals surface area contributed by atoms with Gasteiger partial charge in [0.2, 0.25) is 11.8 Å². The number of morpholine rings is 1. The number of carbonyl (C=O) groups excluding carboxylic acids is 2. The minimum absolute atomic E-state index is 0.131. The molecule has 4 rings (SSSR count). The van der Waals surface area contributed by atoms with Crippen molar-refractivity contribution in [2.24, 2.45) is 0 Å². The van der Waals surface area contributed by atoms with E-state index < -0.39 is 0 Å². The van der Waals surface area contributed by atoms with Crippen molar-refractivity contribution in [3.05, 3.63) is 71.8 Å². The maximum Gasteiger partial charge on any atom is 0.236 e. The van der Waals surface area contributed by atoms with Crippen LogP contribution in [0.3, 0.4) is 0 Å². The minimum Gasteiger partial charge on any atom is -0.378 e. The highest BCUT2D eigenvalue weighted by Crippen LogP contribution is 2.27. The van der Waals surface area contributed by atoms with Gasteiger partial charge in [0, 0.05) is 39.3 Å². The molecular weight excluding hydrogens is 378 g/mol. The highest BCUT2D eigenvalue weighted by atomic mass is 16.5. The molecular formula is C24H29N3O3. The SMILES string of the molecule is O=C(CN1CCN(C(=O)C(c2ccccc2)c2ccccc2)CC1)N1CCOCC1. The number of hydrogen-bond acceptors (Lipinski definition) is 4. The third-order valence-electron chi connectivity index (χ3n) is 5.92. The van der Waals surface area contributed by atoms with E-state index in [9.17, 15) is 9.59 Å². The maximum absolute atomic E-state index is 13.5. The fourth-order valence-electron chi connectivity index (χ4n) is 4.18. The van der Waals surface area contributed by atoms with Crippen LogP contribution in [0, 0.1) is 0 Å². The third kappa shape index (κ3) is 4.89. The summed E-state index contributed by atoms with van der Waals surface area (Å²) in [6.45, 7) is 5.73. The van der Waals surface area contributed by atoms with E-state index in [1.807, 2.05) is 70.5 Å². The van der Waals surface area contributed by atoms with Gasteiger partial charge in [-0.3, -0.25) is 14.5 Å². The second kappa shape index (κ2) is 9.87. The lowest BCUT2D eigenvalue weighted by molar-refractivity contribution is -0.138. The van der Waals surface area contributed by atoms with Crippen LogP contribution in [0.5, 0.6) is 0 Å². The summed E-state index contributed by atoms with van der Waals surface area (Å²) in [7, 11) is 0. The van der Waals surface area contributed by atoms with E-state index in [1.54, 1.807) is 0 Å². The van der Waals surface area contributed by atoms with Gasteiger partial charge in [0.15, 0.2) is 0 Å². The van der Waals surface area contributed by atoms with Crippen molar-refractivity contribution in [3.8, 4) is 0 Å². The zero-order chi connectivity index (χ0) is 20.8. The maximum atomic E-state index is 13.5. The lowest BCUT2D eigenvalue weighted by atomic mass is 9.90. The van der Waals surface area contributed by atoms with Crippen molar-refractivity contribution in [1.29, 1.82) is 0 Å². The highest BCUT2D eigenvalue weighted by Gasteiger charge is 2.30. The molecule has 0 aliphatic carbocycles. The summed E-state index contributed by atoms with van der Waals surface area (Å²) in [4.78, 5) is 32.0. The third-order valence-corrected chi connectivity index (χ3v) is 5.92. The molecule has 0 N–H and O–H groups in total. The molecule has 0 atom stereocenters. The summed E-state index contributed by atoms with van der Waals surface area (Å²) in [6, 6.07) is 19.9. The van der Waals surface area contributed by atoms with Crippen molar-refractivity contribution >= 4 is 11.8 Å². The molecule has 0 saturated carbocycles. The van der Waals surface area contributed by atoms with Crippen LogP contribution in [0.2, 0.25) is 0 Å². The molecule has 0 bridgehead atoms. The standard InChI is InChI=1S/C24H29N3O3/c28-22(26-15-17-30-18-16-26)19-25-11-13-27(14-12-25)24(29)23(20-7-3-1-4-8-20)21-9-5-2-6-10-21/h1-10,23H,11-19H2. The number of benzene rings is 2. The summed E-state index contributed by atoms with van der Waals surface area (Å²) in [6.07, 6.45) is 0. The molecule has 2 aromatic rings. The lowest BCUT2D eigenvalue weighted by Crippen LogP contribution is -2.53. The van der Waals surface area contributed by atoms with E-state index in [-0.39, 0.29) is 17.7 Å². The first kappa shape index (κ1) is 20.6. The van der Waals surface area contributed by atoms with Gasteiger partial charge in [0.25, 0.3) is 0 Å². The Balaban J connectivity index is 1.39. The summed E-state index contributed by atoms with van der Waals surface area (Å²) in [5.74, 6) is -0.00925. The van der Waals surface area contributed by atoms with Crippen LogP contribution in [0.15, 0.2) is 60.7 Å². The molecule has 2 aliphatic heterocycles. The first-order chi connectivity index (χ1) is 14.7. The van der Waals surface area contributed by atoms with Gasteiger partial charge in [-0.1, -0.05) is 60.7 Å². The van der Waals surface area contributed by atoms with E-state index in [4.69, 9.17) is 4.74 Å². The molecule has 0 spiro atoms. The monoisotopic (exact) mass is 407 g/mol. The normalized spacial score (nSPS) is 17.9. The number of ether oxygens (including phenoxy) is 1. The van der Waals surface area contributed by atoms with Crippen LogP contribution in [0.1, 0.15) is 17.0 Å². The van der Waals surface area contributed by atoms with Crippen molar-refractivity contribution in [3.63, 3.8) is 0 Å². The Morgan fingerprint density at radius 1 is 0.733 bits per heavy atom. The molecule has 2 aliphatic rings. The van der Waals surface area contributed by atoms with E-state index in [1.165, 1.54) is 0 Å². The molecule has 30 heavy (non-hydrogen) atoms. The van der Waals surface area contributed by atoms with Gasteiger partial charge in [0.05, 0.1) is 25.7 Å². The smallest absolute Gasteiger partial charge is 0.236 e. The molecule has 0 unspecified atom stereocenters. The van der Waals surface area contributed by atoms with Gasteiger partial charge in [-0.15, -0.1) is 0 Å². The summed E-state index contributed by atoms with van der Waals surface area (Å²) in [5, 5.41) is 0. The number of piperazine rings is 1. The van der Waals surface area contributed by atoms with E-state index in [0.717, 1.165) is 24.2 Å². The summed E-state index contributed by atoms with van der Waals surface area (Å²) >= 11 is 0. The fourth-order valence-corrected chi connectivity index (χ4v) is 4.18. The number of carbonyl (C=O) groups is 2. The van der Waals surface area contributed by atoms with E-state index in [0.29, 0.717) is 45.9 Å². The van der Waals surface area contributed by atoms with E-state index >= 15 is 0 Å². The fraction of sp³-hybridized carbons (Fsp3) is 0.417. The summed E-state index contributed by atoms with van der Waals surface area (Å²) in [5.41, 5.74) is 2.03. The zero-order valence-electron chi connectivity index (χ0n) is 17.3. The molecule has 6 heteroatoms. The number of rotatable bonds is 5. The molecule has 6 nitrogen and oxygen atoms in total. The lowest BCUT2D eigenvalue weighted by Gasteiger charge is -2.37. The van der Waals surface area contributed by atoms with Gasteiger partial charge in [-0.25, -0.2) is 0 Å². The van der Waals surface area contributed by atoms with Crippen molar-refractivity contribution in [1.82, 2.24) is 14.7 Å². The van der Waals surface area contributed by atoms with Gasteiger partial charge in [0.1, 0.15) is 0 Å². The topological polar surface area (TPSA) is 53.1 Å². The zero-order valence-corrected chi connectivity index (χ0v) is 17.3. The largest absolute Gasteiger partial charge is 0.378 e. The first-order valence-corrected chi connectivity index (χ1v) is 10.7. The van der Waals surface area contributed by atoms with Crippen molar-refractivity contribution < 1.29 is 14.3 Å². The first-order valence-electron chi connectivity index (χ1n) is 10.7. The van der Waals surface area contributed by atoms with Crippen LogP contribution in [0.4, 0.5) is 0 Å². The van der Waals surface area contributed by atoms with Gasteiger partial charge < -0.3 is 14.5 Å². The summed E-state index contributed by atoms with van der Waals surface area (Å²) < 4.78 is 5.32. The van der Waals surface area contributed by atoms with Crippen molar-refractivity contribution in [2.75, 3.05) is 59.0 Å². The van der Waals surface area contributed by atoms with Gasteiger partial charge in [-0.05, 0) is 11.1 Å². The van der Waals surface area contributed by atoms with Crippen LogP contribution in [0.25, 0.3) is 0 Å². The van der Waals surface area contributed by atoms with Crippen LogP contribution < -0.4 is 0 Å². The van der Waals surface area contributed by atoms with Crippen LogP contribution in [-0.4, -0.2) is 85.5 Å². The highest BCUT2D eigenvalue weighted by molar-refractivity contribution is 5.87. The van der Waals surface area contributed by atoms with Crippen LogP contribution >= 0.6 is 0 Å². The Morgan fingerprint density at radius 2 is 1.27 bits per heavy atom. The number of nitrogens with zero attached hydrogens (tertiary/aromatic N) is 3. The molecule has 2 saturated heterocycles. The molecule has 2 fully saturated rings. The second-order valence-corrected chi connectivity index (χ2v) is 7.85. The second-order valence-electron chi connectivity index (χ2n) is 7.85.